The van der Waals surface area contributed by atoms with E-state index in [2.05, 4.69) is 68.0 Å². The summed E-state index contributed by atoms with van der Waals surface area (Å²) < 4.78 is 19.9. The summed E-state index contributed by atoms with van der Waals surface area (Å²) in [5.74, 6) is -0.682. The molecule has 52 heavy (non-hydrogen) atoms. The maximum absolute atomic E-state index is 12.5. The fraction of sp³-hybridized carbons (Fsp3) is 0.512. The summed E-state index contributed by atoms with van der Waals surface area (Å²) in [6, 6.07) is 16.1. The van der Waals surface area contributed by atoms with E-state index < -0.39 is 19.5 Å². The smallest absolute Gasteiger partial charge is 0.306 e. The number of rotatable bonds is 13. The number of halogens is 1. The Bertz CT molecular complexity index is 1870. The largest absolute Gasteiger partial charge is 0.460 e. The first-order valence-electron chi connectivity index (χ1n) is 17.8. The molecule has 284 valence electrons. The van der Waals surface area contributed by atoms with Crippen molar-refractivity contribution in [1.29, 1.82) is 0 Å². The summed E-state index contributed by atoms with van der Waals surface area (Å²) in [4.78, 5) is 49.6. The topological polar surface area (TPSA) is 96.0 Å². The molecule has 4 rings (SSSR count). The van der Waals surface area contributed by atoms with Crippen molar-refractivity contribution >= 4 is 90.6 Å². The zero-order valence-corrected chi connectivity index (χ0v) is 36.8. The Morgan fingerprint density at radius 3 is 1.58 bits per heavy atom. The van der Waals surface area contributed by atoms with E-state index in [4.69, 9.17) is 13.9 Å². The van der Waals surface area contributed by atoms with Crippen molar-refractivity contribution < 1.29 is 33.1 Å². The van der Waals surface area contributed by atoms with Crippen molar-refractivity contribution in [2.75, 3.05) is 6.61 Å². The first kappa shape index (κ1) is 43.7. The minimum Gasteiger partial charge on any atom is -0.460 e. The Labute approximate surface area is 327 Å². The van der Waals surface area contributed by atoms with Crippen molar-refractivity contribution in [2.24, 2.45) is 0 Å². The molecule has 0 saturated carbocycles. The van der Waals surface area contributed by atoms with Crippen LogP contribution in [0.4, 0.5) is 0 Å². The number of ether oxygens (including phenoxy) is 2. The van der Waals surface area contributed by atoms with Gasteiger partial charge in [-0.05, 0) is 125 Å². The number of fused-ring (bicyclic) bond motifs is 2. The summed E-state index contributed by atoms with van der Waals surface area (Å²) in [5, 5.41) is 2.36. The van der Waals surface area contributed by atoms with Crippen molar-refractivity contribution in [1.82, 2.24) is 0 Å². The van der Waals surface area contributed by atoms with Gasteiger partial charge in [-0.25, -0.2) is 0 Å². The zero-order valence-electron chi connectivity index (χ0n) is 32.6. The van der Waals surface area contributed by atoms with Gasteiger partial charge in [0.1, 0.15) is 11.2 Å². The molecule has 0 atom stereocenters. The van der Waals surface area contributed by atoms with Crippen LogP contribution in [0.3, 0.4) is 0 Å². The molecular weight excluding hydrogens is 777 g/mol. The minimum atomic E-state index is -1.69. The number of aryl methyl sites for hydroxylation is 1. The highest BCUT2D eigenvalue weighted by atomic mass is 79.9. The monoisotopic (exact) mass is 830 g/mol. The molecule has 0 bridgehead atoms. The van der Waals surface area contributed by atoms with E-state index in [9.17, 15) is 19.2 Å². The molecule has 0 amide bonds. The molecule has 0 aliphatic heterocycles. The summed E-state index contributed by atoms with van der Waals surface area (Å²) in [6.45, 7) is 23.1. The van der Waals surface area contributed by atoms with E-state index in [-0.39, 0.29) is 54.2 Å². The molecule has 0 aliphatic rings. The number of esters is 2. The highest BCUT2D eigenvalue weighted by molar-refractivity contribution is 9.10. The molecule has 0 N–H and O–H groups in total. The Hall–Kier alpha value is -2.70. The van der Waals surface area contributed by atoms with Crippen LogP contribution in [0.15, 0.2) is 53.0 Å². The molecule has 0 saturated heterocycles. The van der Waals surface area contributed by atoms with Crippen LogP contribution in [0.2, 0.25) is 18.1 Å². The summed E-state index contributed by atoms with van der Waals surface area (Å²) >= 11 is 6.36. The number of hydrogen-bond acceptors (Lipinski definition) is 9. The van der Waals surface area contributed by atoms with Crippen molar-refractivity contribution in [2.45, 2.75) is 130 Å². The standard InChI is InChI=1S/C25H38O4SSi.C16H17BrO3S/c1-24(2,3)29-23(27)14-12-20(26)22-17-19-16-18(11-13-21(19)30-22)10-9-15-28-31(7,8)25(4,5)6;1-16(2,3)20-15(19)7-5-12(18)14-9-10-8-11(17)4-6-13(10)21-14/h11,13,16-17H,9-10,12,14-15H2,1-8H3;4,6,8-9H,5,7H2,1-3H3. The van der Waals surface area contributed by atoms with Crippen LogP contribution in [0.1, 0.15) is 119 Å². The molecule has 7 nitrogen and oxygen atoms in total. The Morgan fingerprint density at radius 2 is 1.12 bits per heavy atom. The van der Waals surface area contributed by atoms with Gasteiger partial charge in [0.05, 0.1) is 22.6 Å². The predicted molar refractivity (Wildman–Crippen MR) is 222 cm³/mol. The molecule has 2 aromatic carbocycles. The maximum Gasteiger partial charge on any atom is 0.306 e. The SMILES string of the molecule is CC(C)(C)OC(=O)CCC(=O)c1cc2cc(Br)ccc2s1.CC(C)(C)OC(=O)CCC(=O)c1cc2cc(CCCO[Si](C)(C)C(C)(C)C)ccc2s1. The van der Waals surface area contributed by atoms with Gasteiger partial charge in [0.15, 0.2) is 19.9 Å². The average molecular weight is 832 g/mol. The van der Waals surface area contributed by atoms with Gasteiger partial charge in [0, 0.05) is 33.3 Å². The normalized spacial score (nSPS) is 12.4. The van der Waals surface area contributed by atoms with Gasteiger partial charge in [-0.15, -0.1) is 22.7 Å². The fourth-order valence-electron chi connectivity index (χ4n) is 4.82. The number of carbonyl (C=O) groups is 4. The lowest BCUT2D eigenvalue weighted by molar-refractivity contribution is -0.155. The second-order valence-corrected chi connectivity index (χ2v) is 24.4. The first-order valence-corrected chi connectivity index (χ1v) is 23.1. The van der Waals surface area contributed by atoms with Gasteiger partial charge in [-0.3, -0.25) is 19.2 Å². The molecule has 4 aromatic rings. The number of carbonyl (C=O) groups excluding carboxylic acids is 4. The quantitative estimate of drug-likeness (QED) is 0.0573. The average Bonchev–Trinajstić information content (AvgIpc) is 3.63. The molecular formula is C41H55BrO7S2Si. The van der Waals surface area contributed by atoms with Gasteiger partial charge < -0.3 is 13.9 Å². The number of Topliss-reactive ketones (excluding diaryl/α,β-unsaturated/α-hetero) is 2. The third kappa shape index (κ3) is 14.3. The fourth-order valence-corrected chi connectivity index (χ4v) is 8.31. The molecule has 0 unspecified atom stereocenters. The summed E-state index contributed by atoms with van der Waals surface area (Å²) in [7, 11) is -1.69. The number of thiophene rings is 2. The van der Waals surface area contributed by atoms with Gasteiger partial charge in [0.25, 0.3) is 0 Å². The number of benzene rings is 2. The van der Waals surface area contributed by atoms with E-state index in [1.54, 1.807) is 0 Å². The maximum atomic E-state index is 12.5. The van der Waals surface area contributed by atoms with Gasteiger partial charge in [0.2, 0.25) is 0 Å². The van der Waals surface area contributed by atoms with E-state index in [0.29, 0.717) is 9.75 Å². The minimum absolute atomic E-state index is 0.00335. The third-order valence-corrected chi connectivity index (χ3v) is 15.8. The lowest BCUT2D eigenvalue weighted by Crippen LogP contribution is -2.41. The zero-order chi connectivity index (χ0) is 39.1. The molecule has 2 heterocycles. The Kier molecular flexibility index (Phi) is 15.2. The molecule has 0 radical (unpaired) electrons. The second-order valence-electron chi connectivity index (χ2n) is 16.5. The van der Waals surface area contributed by atoms with Crippen LogP contribution < -0.4 is 0 Å². The predicted octanol–water partition coefficient (Wildman–Crippen LogP) is 12.1. The summed E-state index contributed by atoms with van der Waals surface area (Å²) in [6.07, 6.45) is 2.55. The van der Waals surface area contributed by atoms with Gasteiger partial charge in [-0.1, -0.05) is 48.8 Å². The second kappa shape index (κ2) is 18.1. The summed E-state index contributed by atoms with van der Waals surface area (Å²) in [5.41, 5.74) is 0.227. The number of hydrogen-bond donors (Lipinski definition) is 0. The van der Waals surface area contributed by atoms with E-state index >= 15 is 0 Å². The number of ketones is 2. The Morgan fingerprint density at radius 1 is 0.654 bits per heavy atom. The third-order valence-electron chi connectivity index (χ3n) is 8.44. The molecule has 11 heteroatoms. The van der Waals surface area contributed by atoms with Crippen LogP contribution in [0.25, 0.3) is 20.2 Å². The lowest BCUT2D eigenvalue weighted by Gasteiger charge is -2.36. The van der Waals surface area contributed by atoms with Gasteiger partial charge in [-0.2, -0.15) is 0 Å². The van der Waals surface area contributed by atoms with Crippen LogP contribution in [0, 0.1) is 0 Å². The van der Waals surface area contributed by atoms with Crippen molar-refractivity contribution in [3.63, 3.8) is 0 Å². The van der Waals surface area contributed by atoms with E-state index in [1.165, 1.54) is 28.2 Å². The van der Waals surface area contributed by atoms with E-state index in [1.807, 2.05) is 71.9 Å². The van der Waals surface area contributed by atoms with Crippen LogP contribution in [0.5, 0.6) is 0 Å². The van der Waals surface area contributed by atoms with Crippen molar-refractivity contribution in [3.05, 3.63) is 68.3 Å². The highest BCUT2D eigenvalue weighted by Crippen LogP contribution is 2.37. The molecule has 0 fully saturated rings. The van der Waals surface area contributed by atoms with Crippen LogP contribution in [-0.4, -0.2) is 49.6 Å². The molecule has 0 spiro atoms. The highest BCUT2D eigenvalue weighted by Gasteiger charge is 2.36. The molecule has 2 aromatic heterocycles. The Balaban J connectivity index is 0.000000302. The van der Waals surface area contributed by atoms with Crippen LogP contribution in [-0.2, 0) is 29.9 Å². The molecule has 0 aliphatic carbocycles. The van der Waals surface area contributed by atoms with Crippen LogP contribution >= 0.6 is 38.6 Å². The lowest BCUT2D eigenvalue weighted by atomic mass is 10.1. The van der Waals surface area contributed by atoms with Crippen molar-refractivity contribution in [3.8, 4) is 0 Å². The first-order chi connectivity index (χ1) is 23.9. The van der Waals surface area contributed by atoms with Gasteiger partial charge >= 0.3 is 11.9 Å². The van der Waals surface area contributed by atoms with E-state index in [0.717, 1.165) is 44.1 Å².